The quantitative estimate of drug-likeness (QED) is 0.921. The van der Waals surface area contributed by atoms with E-state index in [0.717, 1.165) is 16.0 Å². The van der Waals surface area contributed by atoms with Crippen LogP contribution in [0.4, 0.5) is 0 Å². The van der Waals surface area contributed by atoms with Crippen LogP contribution in [0, 0.1) is 13.8 Å². The highest BCUT2D eigenvalue weighted by atomic mass is 32.2. The van der Waals surface area contributed by atoms with Gasteiger partial charge in [0.15, 0.2) is 0 Å². The molecule has 3 nitrogen and oxygen atoms in total. The zero-order valence-electron chi connectivity index (χ0n) is 11.0. The molecule has 0 saturated carbocycles. The Morgan fingerprint density at radius 3 is 2.47 bits per heavy atom. The number of benzene rings is 1. The van der Waals surface area contributed by atoms with Crippen LogP contribution in [0.2, 0.25) is 0 Å². The molecule has 0 atom stereocenters. The molecule has 0 spiro atoms. The minimum absolute atomic E-state index is 0.0318. The van der Waals surface area contributed by atoms with Crippen molar-refractivity contribution in [3.05, 3.63) is 57.3 Å². The van der Waals surface area contributed by atoms with Crippen molar-refractivity contribution in [3.8, 4) is 0 Å². The van der Waals surface area contributed by atoms with Crippen LogP contribution < -0.4 is 4.72 Å². The molecule has 1 N–H and O–H groups in total. The predicted molar refractivity (Wildman–Crippen MR) is 79.7 cm³/mol. The van der Waals surface area contributed by atoms with Crippen LogP contribution in [0.25, 0.3) is 0 Å². The van der Waals surface area contributed by atoms with E-state index in [4.69, 9.17) is 0 Å². The summed E-state index contributed by atoms with van der Waals surface area (Å²) in [6.07, 6.45) is 0. The molecule has 0 unspecified atom stereocenters. The van der Waals surface area contributed by atoms with E-state index in [-0.39, 0.29) is 5.75 Å². The van der Waals surface area contributed by atoms with Crippen LogP contribution in [0.3, 0.4) is 0 Å². The predicted octanol–water partition coefficient (Wildman–Crippen LogP) is 2.98. The van der Waals surface area contributed by atoms with Gasteiger partial charge in [0.25, 0.3) is 0 Å². The average molecular weight is 295 g/mol. The van der Waals surface area contributed by atoms with Gasteiger partial charge >= 0.3 is 0 Å². The maximum atomic E-state index is 12.0. The molecule has 1 aromatic carbocycles. The first-order valence-corrected chi connectivity index (χ1v) is 8.50. The highest BCUT2D eigenvalue weighted by molar-refractivity contribution is 7.88. The topological polar surface area (TPSA) is 46.2 Å². The van der Waals surface area contributed by atoms with Crippen molar-refractivity contribution in [3.63, 3.8) is 0 Å². The standard InChI is InChI=1S/C14H17NO2S2/c1-11-5-3-4-6-13(11)10-19(16,17)15-9-14-8-7-12(2)18-14/h3-8,15H,9-10H2,1-2H3. The molecule has 0 aliphatic rings. The molecule has 0 aliphatic heterocycles. The van der Waals surface area contributed by atoms with E-state index in [2.05, 4.69) is 4.72 Å². The Morgan fingerprint density at radius 1 is 1.11 bits per heavy atom. The lowest BCUT2D eigenvalue weighted by molar-refractivity contribution is 0.581. The molecule has 0 aliphatic carbocycles. The van der Waals surface area contributed by atoms with Gasteiger partial charge in [0, 0.05) is 16.3 Å². The second kappa shape index (κ2) is 5.86. The molecule has 5 heteroatoms. The zero-order valence-corrected chi connectivity index (χ0v) is 12.6. The summed E-state index contributed by atoms with van der Waals surface area (Å²) in [5.74, 6) is 0.0318. The molecular weight excluding hydrogens is 278 g/mol. The van der Waals surface area contributed by atoms with Gasteiger partial charge in [-0.2, -0.15) is 0 Å². The summed E-state index contributed by atoms with van der Waals surface area (Å²) in [6.45, 7) is 4.30. The maximum Gasteiger partial charge on any atom is 0.216 e. The summed E-state index contributed by atoms with van der Waals surface area (Å²) in [7, 11) is -3.29. The molecule has 1 aromatic heterocycles. The van der Waals surface area contributed by atoms with Gasteiger partial charge in [-0.05, 0) is 37.1 Å². The second-order valence-electron chi connectivity index (χ2n) is 4.52. The molecular formula is C14H17NO2S2. The van der Waals surface area contributed by atoms with E-state index in [9.17, 15) is 8.42 Å². The number of nitrogens with one attached hydrogen (secondary N) is 1. The van der Waals surface area contributed by atoms with Gasteiger partial charge in [0.1, 0.15) is 0 Å². The van der Waals surface area contributed by atoms with Crippen LogP contribution in [0.5, 0.6) is 0 Å². The lowest BCUT2D eigenvalue weighted by atomic mass is 10.1. The lowest BCUT2D eigenvalue weighted by Crippen LogP contribution is -2.24. The Kier molecular flexibility index (Phi) is 4.39. The van der Waals surface area contributed by atoms with Crippen LogP contribution >= 0.6 is 11.3 Å². The maximum absolute atomic E-state index is 12.0. The molecule has 2 rings (SSSR count). The van der Waals surface area contributed by atoms with E-state index in [1.807, 2.05) is 50.2 Å². The molecule has 0 saturated heterocycles. The molecule has 1 heterocycles. The second-order valence-corrected chi connectivity index (χ2v) is 7.70. The smallest absolute Gasteiger partial charge is 0.212 e. The van der Waals surface area contributed by atoms with E-state index in [0.29, 0.717) is 6.54 Å². The Labute approximate surface area is 118 Å². The fourth-order valence-electron chi connectivity index (χ4n) is 1.79. The summed E-state index contributed by atoms with van der Waals surface area (Å²) >= 11 is 1.61. The highest BCUT2D eigenvalue weighted by Gasteiger charge is 2.13. The third-order valence-electron chi connectivity index (χ3n) is 2.87. The van der Waals surface area contributed by atoms with Crippen molar-refractivity contribution < 1.29 is 8.42 Å². The van der Waals surface area contributed by atoms with Gasteiger partial charge in [-0.3, -0.25) is 0 Å². The molecule has 0 radical (unpaired) electrons. The minimum Gasteiger partial charge on any atom is -0.212 e. The van der Waals surface area contributed by atoms with Crippen molar-refractivity contribution in [2.75, 3.05) is 0 Å². The van der Waals surface area contributed by atoms with Crippen molar-refractivity contribution in [1.82, 2.24) is 4.72 Å². The van der Waals surface area contributed by atoms with Crippen molar-refractivity contribution >= 4 is 21.4 Å². The van der Waals surface area contributed by atoms with Crippen molar-refractivity contribution in [1.29, 1.82) is 0 Å². The summed E-state index contributed by atoms with van der Waals surface area (Å²) in [4.78, 5) is 2.22. The Balaban J connectivity index is 2.01. The van der Waals surface area contributed by atoms with Crippen molar-refractivity contribution in [2.45, 2.75) is 26.1 Å². The first-order chi connectivity index (χ1) is 8.96. The first kappa shape index (κ1) is 14.2. The van der Waals surface area contributed by atoms with Gasteiger partial charge in [-0.25, -0.2) is 13.1 Å². The third-order valence-corrected chi connectivity index (χ3v) is 5.14. The molecule has 0 bridgehead atoms. The van der Waals surface area contributed by atoms with Gasteiger partial charge in [0.05, 0.1) is 5.75 Å². The largest absolute Gasteiger partial charge is 0.216 e. The van der Waals surface area contributed by atoms with Crippen LogP contribution in [-0.4, -0.2) is 8.42 Å². The molecule has 0 fully saturated rings. The zero-order chi connectivity index (χ0) is 13.9. The molecule has 19 heavy (non-hydrogen) atoms. The fraction of sp³-hybridized carbons (Fsp3) is 0.286. The van der Waals surface area contributed by atoms with E-state index < -0.39 is 10.0 Å². The molecule has 2 aromatic rings. The van der Waals surface area contributed by atoms with Gasteiger partial charge in [-0.1, -0.05) is 24.3 Å². The van der Waals surface area contributed by atoms with Crippen LogP contribution in [-0.2, 0) is 22.3 Å². The highest BCUT2D eigenvalue weighted by Crippen LogP contribution is 2.16. The van der Waals surface area contributed by atoms with Gasteiger partial charge in [-0.15, -0.1) is 11.3 Å². The monoisotopic (exact) mass is 295 g/mol. The third kappa shape index (κ3) is 4.16. The molecule has 0 amide bonds. The normalized spacial score (nSPS) is 11.7. The molecule has 102 valence electrons. The van der Waals surface area contributed by atoms with Crippen LogP contribution in [0.1, 0.15) is 20.9 Å². The summed E-state index contributed by atoms with van der Waals surface area (Å²) in [5.41, 5.74) is 1.84. The van der Waals surface area contributed by atoms with E-state index in [1.165, 1.54) is 4.88 Å². The Morgan fingerprint density at radius 2 is 1.84 bits per heavy atom. The number of hydrogen-bond acceptors (Lipinski definition) is 3. The van der Waals surface area contributed by atoms with E-state index >= 15 is 0 Å². The van der Waals surface area contributed by atoms with Crippen LogP contribution in [0.15, 0.2) is 36.4 Å². The first-order valence-electron chi connectivity index (χ1n) is 6.03. The average Bonchev–Trinajstić information content (AvgIpc) is 2.76. The SMILES string of the molecule is Cc1ccc(CNS(=O)(=O)Cc2ccccc2C)s1. The lowest BCUT2D eigenvalue weighted by Gasteiger charge is -2.08. The number of hydrogen-bond donors (Lipinski definition) is 1. The van der Waals surface area contributed by atoms with Gasteiger partial charge < -0.3 is 0 Å². The fourth-order valence-corrected chi connectivity index (χ4v) is 3.92. The Bertz CT molecular complexity index is 660. The number of aryl methyl sites for hydroxylation is 2. The van der Waals surface area contributed by atoms with Gasteiger partial charge in [0.2, 0.25) is 10.0 Å². The van der Waals surface area contributed by atoms with E-state index in [1.54, 1.807) is 11.3 Å². The van der Waals surface area contributed by atoms with Crippen molar-refractivity contribution in [2.24, 2.45) is 0 Å². The Hall–Kier alpha value is -1.17. The minimum atomic E-state index is -3.29. The number of thiophene rings is 1. The summed E-state index contributed by atoms with van der Waals surface area (Å²) in [6, 6.07) is 11.5. The number of sulfonamides is 1. The number of rotatable bonds is 5. The summed E-state index contributed by atoms with van der Waals surface area (Å²) in [5, 5.41) is 0. The summed E-state index contributed by atoms with van der Waals surface area (Å²) < 4.78 is 26.7.